The Labute approximate surface area is 249 Å². The van der Waals surface area contributed by atoms with Crippen LogP contribution in [0.15, 0.2) is 48.5 Å². The number of benzene rings is 2. The van der Waals surface area contributed by atoms with Gasteiger partial charge in [0, 0.05) is 22.5 Å². The number of carbonyl (C=O) groups excluding carboxylic acids is 3. The molecule has 17 nitrogen and oxygen atoms in total. The van der Waals surface area contributed by atoms with Crippen LogP contribution >= 0.6 is 0 Å². The minimum atomic E-state index is -2.96. The summed E-state index contributed by atoms with van der Waals surface area (Å²) in [6.45, 7) is 4.17. The highest BCUT2D eigenvalue weighted by Gasteiger charge is 2.38. The third-order valence-electron chi connectivity index (χ3n) is 5.75. The zero-order valence-electron chi connectivity index (χ0n) is 23.6. The Bertz CT molecular complexity index is 1530. The zero-order valence-corrected chi connectivity index (χ0v) is 23.6. The third kappa shape index (κ3) is 7.39. The molecule has 0 saturated carbocycles. The number of aliphatic hydroxyl groups is 4. The second-order valence-corrected chi connectivity index (χ2v) is 8.76. The number of nitrogens with zero attached hydrogens (tertiary/aromatic N) is 3. The van der Waals surface area contributed by atoms with Gasteiger partial charge in [-0.25, -0.2) is 14.4 Å². The van der Waals surface area contributed by atoms with E-state index in [0.717, 1.165) is 12.1 Å². The molecule has 6 N–H and O–H groups in total. The highest BCUT2D eigenvalue weighted by Crippen LogP contribution is 2.32. The lowest BCUT2D eigenvalue weighted by Gasteiger charge is -2.20. The van der Waals surface area contributed by atoms with E-state index >= 15 is 0 Å². The van der Waals surface area contributed by atoms with Crippen molar-refractivity contribution in [2.75, 3.05) is 30.5 Å². The Balaban J connectivity index is 2.00. The van der Waals surface area contributed by atoms with Crippen LogP contribution in [0.5, 0.6) is 0 Å². The van der Waals surface area contributed by atoms with Crippen molar-refractivity contribution < 1.29 is 53.9 Å². The number of anilines is 4. The average Bonchev–Trinajstić information content (AvgIpc) is 2.97. The molecule has 0 radical (unpaired) electrons. The van der Waals surface area contributed by atoms with E-state index in [4.69, 9.17) is 4.74 Å². The molecule has 1 aromatic heterocycles. The van der Waals surface area contributed by atoms with Gasteiger partial charge in [-0.2, -0.15) is 9.97 Å². The van der Waals surface area contributed by atoms with Crippen LogP contribution < -0.4 is 10.6 Å². The van der Waals surface area contributed by atoms with Crippen molar-refractivity contribution in [1.29, 1.82) is 0 Å². The van der Waals surface area contributed by atoms with Crippen LogP contribution in [0, 0.1) is 10.1 Å². The van der Waals surface area contributed by atoms with Gasteiger partial charge >= 0.3 is 23.6 Å². The summed E-state index contributed by atoms with van der Waals surface area (Å²) in [6.07, 6.45) is 0. The number of rotatable bonds is 13. The molecular weight excluding hydrogens is 586 g/mol. The standard InChI is InChI=1S/C27H29N5O12/c1-4-42-22(33)19-20(32(40)41)21(28-17-11-7-15(8-12-17)26(36,37)23(34)43-5-2)31-25(30-19)29-18-13-9-16(10-14-18)27(38,39)24(35)44-6-3/h7-14,36-39H,4-6H2,1-3H3,(H2,28,29,30,31). The van der Waals surface area contributed by atoms with E-state index in [2.05, 4.69) is 30.1 Å². The van der Waals surface area contributed by atoms with Crippen molar-refractivity contribution in [3.05, 3.63) is 75.5 Å². The van der Waals surface area contributed by atoms with E-state index in [9.17, 15) is 44.9 Å². The van der Waals surface area contributed by atoms with E-state index in [1.54, 1.807) is 0 Å². The molecule has 0 unspecified atom stereocenters. The van der Waals surface area contributed by atoms with Gasteiger partial charge in [0.05, 0.1) is 24.7 Å². The fourth-order valence-corrected chi connectivity index (χ4v) is 3.65. The number of nitro groups is 1. The number of ether oxygens (including phenoxy) is 3. The summed E-state index contributed by atoms with van der Waals surface area (Å²) in [5.74, 6) is -10.4. The molecule has 3 rings (SSSR count). The second kappa shape index (κ2) is 13.8. The summed E-state index contributed by atoms with van der Waals surface area (Å²) in [5, 5.41) is 58.0. The number of hydrogen-bond acceptors (Lipinski definition) is 16. The number of hydrogen-bond donors (Lipinski definition) is 6. The van der Waals surface area contributed by atoms with E-state index in [-0.39, 0.29) is 48.3 Å². The lowest BCUT2D eigenvalue weighted by molar-refractivity contribution is -0.384. The number of aromatic nitrogens is 2. The van der Waals surface area contributed by atoms with Crippen molar-refractivity contribution in [3.8, 4) is 0 Å². The molecule has 1 heterocycles. The molecule has 0 saturated heterocycles. The number of nitrogens with one attached hydrogen (secondary N) is 2. The molecule has 44 heavy (non-hydrogen) atoms. The minimum absolute atomic E-state index is 0.0840. The fraction of sp³-hybridized carbons (Fsp3) is 0.296. The summed E-state index contributed by atoms with van der Waals surface area (Å²) >= 11 is 0. The zero-order chi connectivity index (χ0) is 32.7. The molecule has 17 heteroatoms. The molecule has 0 aliphatic rings. The largest absolute Gasteiger partial charge is 0.462 e. The number of carbonyl (C=O) groups is 3. The van der Waals surface area contributed by atoms with E-state index < -0.39 is 51.6 Å². The molecule has 3 aromatic rings. The van der Waals surface area contributed by atoms with Crippen molar-refractivity contribution >= 4 is 46.7 Å². The van der Waals surface area contributed by atoms with Crippen LogP contribution in [-0.2, 0) is 35.4 Å². The van der Waals surface area contributed by atoms with Gasteiger partial charge in [-0.15, -0.1) is 0 Å². The van der Waals surface area contributed by atoms with Gasteiger partial charge in [-0.1, -0.05) is 24.3 Å². The molecule has 234 valence electrons. The predicted molar refractivity (Wildman–Crippen MR) is 150 cm³/mol. The van der Waals surface area contributed by atoms with Gasteiger partial charge in [-0.3, -0.25) is 10.1 Å². The first-order valence-corrected chi connectivity index (χ1v) is 13.0. The minimum Gasteiger partial charge on any atom is -0.462 e. The van der Waals surface area contributed by atoms with Crippen LogP contribution in [0.4, 0.5) is 28.8 Å². The van der Waals surface area contributed by atoms with E-state index in [1.165, 1.54) is 57.2 Å². The summed E-state index contributed by atoms with van der Waals surface area (Å²) in [4.78, 5) is 55.6. The van der Waals surface area contributed by atoms with Gasteiger partial charge in [0.15, 0.2) is 0 Å². The SMILES string of the molecule is CCOC(=O)c1nc(Nc2ccc(C(O)(O)C(=O)OCC)cc2)nc(Nc2ccc(C(O)(O)C(=O)OCC)cc2)c1[N+](=O)[O-]. The highest BCUT2D eigenvalue weighted by atomic mass is 16.6. The summed E-state index contributed by atoms with van der Waals surface area (Å²) in [7, 11) is 0. The first kappa shape index (κ1) is 33.3. The van der Waals surface area contributed by atoms with Crippen molar-refractivity contribution in [1.82, 2.24) is 9.97 Å². The monoisotopic (exact) mass is 615 g/mol. The second-order valence-electron chi connectivity index (χ2n) is 8.76. The molecule has 0 atom stereocenters. The Morgan fingerprint density at radius 3 is 1.59 bits per heavy atom. The first-order chi connectivity index (χ1) is 20.8. The van der Waals surface area contributed by atoms with E-state index in [0.29, 0.717) is 0 Å². The lowest BCUT2D eigenvalue weighted by atomic mass is 10.1. The van der Waals surface area contributed by atoms with E-state index in [1.807, 2.05) is 0 Å². The molecule has 2 aromatic carbocycles. The topological polar surface area (TPSA) is 253 Å². The third-order valence-corrected chi connectivity index (χ3v) is 5.75. The quantitative estimate of drug-likeness (QED) is 0.0523. The van der Waals surface area contributed by atoms with Gasteiger partial charge in [-0.05, 0) is 45.0 Å². The Hall–Kier alpha value is -5.23. The Morgan fingerprint density at radius 2 is 1.18 bits per heavy atom. The maximum Gasteiger partial charge on any atom is 0.371 e. The average molecular weight is 616 g/mol. The Kier molecular flexibility index (Phi) is 10.5. The van der Waals surface area contributed by atoms with Crippen LogP contribution in [-0.4, -0.2) is 73.0 Å². The summed E-state index contributed by atoms with van der Waals surface area (Å²) < 4.78 is 14.2. The molecule has 0 aliphatic heterocycles. The van der Waals surface area contributed by atoms with Gasteiger partial charge in [0.1, 0.15) is 0 Å². The molecule has 0 bridgehead atoms. The van der Waals surface area contributed by atoms with Crippen LogP contribution in [0.25, 0.3) is 0 Å². The van der Waals surface area contributed by atoms with Crippen molar-refractivity contribution in [3.63, 3.8) is 0 Å². The smallest absolute Gasteiger partial charge is 0.371 e. The normalized spacial score (nSPS) is 11.3. The molecular formula is C27H29N5O12. The first-order valence-electron chi connectivity index (χ1n) is 13.0. The maximum absolute atomic E-state index is 12.7. The van der Waals surface area contributed by atoms with Gasteiger partial charge in [0.2, 0.25) is 17.5 Å². The van der Waals surface area contributed by atoms with Crippen molar-refractivity contribution in [2.45, 2.75) is 32.3 Å². The van der Waals surface area contributed by atoms with Crippen LogP contribution in [0.3, 0.4) is 0 Å². The lowest BCUT2D eigenvalue weighted by Crippen LogP contribution is -2.37. The maximum atomic E-state index is 12.7. The molecule has 0 fully saturated rings. The molecule has 0 spiro atoms. The van der Waals surface area contributed by atoms with Crippen LogP contribution in [0.1, 0.15) is 42.4 Å². The molecule has 0 aliphatic carbocycles. The number of esters is 3. The highest BCUT2D eigenvalue weighted by molar-refractivity contribution is 5.95. The summed E-state index contributed by atoms with van der Waals surface area (Å²) in [5.41, 5.74) is -1.67. The fourth-order valence-electron chi connectivity index (χ4n) is 3.65. The Morgan fingerprint density at radius 1 is 0.750 bits per heavy atom. The van der Waals surface area contributed by atoms with Crippen LogP contribution in [0.2, 0.25) is 0 Å². The summed E-state index contributed by atoms with van der Waals surface area (Å²) in [6, 6.07) is 9.84. The predicted octanol–water partition coefficient (Wildman–Crippen LogP) is 1.45. The van der Waals surface area contributed by atoms with Gasteiger partial charge < -0.3 is 45.3 Å². The van der Waals surface area contributed by atoms with Crippen molar-refractivity contribution in [2.24, 2.45) is 0 Å². The van der Waals surface area contributed by atoms with Gasteiger partial charge in [0.25, 0.3) is 11.6 Å². The molecule has 0 amide bonds.